The van der Waals surface area contributed by atoms with Gasteiger partial charge in [0.05, 0.1) is 6.10 Å². The third kappa shape index (κ3) is 5.01. The van der Waals surface area contributed by atoms with Crippen LogP contribution in [0.5, 0.6) is 0 Å². The lowest BCUT2D eigenvalue weighted by Gasteiger charge is -2.40. The number of hydrogen-bond acceptors (Lipinski definition) is 3. The molecule has 2 atom stereocenters. The molecule has 1 saturated heterocycles. The van der Waals surface area contributed by atoms with Crippen LogP contribution in [0.1, 0.15) is 60.8 Å². The van der Waals surface area contributed by atoms with E-state index in [4.69, 9.17) is 4.74 Å². The van der Waals surface area contributed by atoms with Crippen LogP contribution in [0.15, 0.2) is 0 Å². The van der Waals surface area contributed by atoms with Gasteiger partial charge in [0.25, 0.3) is 0 Å². The Kier molecular flexibility index (Phi) is 6.49. The van der Waals surface area contributed by atoms with Crippen LogP contribution >= 0.6 is 0 Å². The van der Waals surface area contributed by atoms with E-state index in [-0.39, 0.29) is 5.54 Å². The van der Waals surface area contributed by atoms with E-state index in [9.17, 15) is 0 Å². The van der Waals surface area contributed by atoms with Gasteiger partial charge >= 0.3 is 0 Å². The predicted octanol–water partition coefficient (Wildman–Crippen LogP) is 3.29. The van der Waals surface area contributed by atoms with E-state index in [1.54, 1.807) is 0 Å². The minimum atomic E-state index is 0.192. The van der Waals surface area contributed by atoms with Gasteiger partial charge in [0.15, 0.2) is 0 Å². The summed E-state index contributed by atoms with van der Waals surface area (Å²) in [6, 6.07) is 0.585. The summed E-state index contributed by atoms with van der Waals surface area (Å²) in [6.45, 7) is 16.8. The molecule has 0 aromatic carbocycles. The Hall–Kier alpha value is -0.120. The van der Waals surface area contributed by atoms with Crippen molar-refractivity contribution in [3.8, 4) is 0 Å². The Morgan fingerprint density at radius 1 is 1.20 bits per heavy atom. The SMILES string of the molecule is CCC(CC)(CNC(C)(C)C)CN(C)C1CCOC1C. The Bertz CT molecular complexity index is 281. The van der Waals surface area contributed by atoms with Crippen molar-refractivity contribution in [3.63, 3.8) is 0 Å². The van der Waals surface area contributed by atoms with Crippen molar-refractivity contribution in [2.45, 2.75) is 78.5 Å². The number of hydrogen-bond donors (Lipinski definition) is 1. The number of ether oxygens (including phenoxy) is 1. The average molecular weight is 284 g/mol. The first-order chi connectivity index (χ1) is 9.23. The molecule has 3 nitrogen and oxygen atoms in total. The van der Waals surface area contributed by atoms with Gasteiger partial charge in [-0.3, -0.25) is 0 Å². The topological polar surface area (TPSA) is 24.5 Å². The average Bonchev–Trinajstić information content (AvgIpc) is 2.80. The van der Waals surface area contributed by atoms with E-state index in [0.717, 1.165) is 19.7 Å². The molecular formula is C17H36N2O. The molecule has 3 heteroatoms. The molecule has 0 amide bonds. The van der Waals surface area contributed by atoms with Gasteiger partial charge < -0.3 is 15.0 Å². The molecule has 0 aliphatic carbocycles. The quantitative estimate of drug-likeness (QED) is 0.776. The summed E-state index contributed by atoms with van der Waals surface area (Å²) >= 11 is 0. The first kappa shape index (κ1) is 17.9. The maximum atomic E-state index is 5.73. The fourth-order valence-electron chi connectivity index (χ4n) is 3.18. The van der Waals surface area contributed by atoms with Gasteiger partial charge in [-0.25, -0.2) is 0 Å². The van der Waals surface area contributed by atoms with Gasteiger partial charge in [-0.05, 0) is 59.4 Å². The summed E-state index contributed by atoms with van der Waals surface area (Å²) in [5, 5.41) is 3.71. The van der Waals surface area contributed by atoms with Gasteiger partial charge in [-0.1, -0.05) is 13.8 Å². The minimum Gasteiger partial charge on any atom is -0.377 e. The highest BCUT2D eigenvalue weighted by atomic mass is 16.5. The van der Waals surface area contributed by atoms with Crippen molar-refractivity contribution >= 4 is 0 Å². The maximum Gasteiger partial charge on any atom is 0.0702 e. The smallest absolute Gasteiger partial charge is 0.0702 e. The second-order valence-corrected chi connectivity index (χ2v) is 7.66. The highest BCUT2D eigenvalue weighted by Crippen LogP contribution is 2.30. The molecule has 0 saturated carbocycles. The van der Waals surface area contributed by atoms with Crippen molar-refractivity contribution in [3.05, 3.63) is 0 Å². The van der Waals surface area contributed by atoms with Gasteiger partial charge in [0, 0.05) is 31.3 Å². The van der Waals surface area contributed by atoms with E-state index in [1.165, 1.54) is 19.3 Å². The first-order valence-electron chi connectivity index (χ1n) is 8.30. The van der Waals surface area contributed by atoms with Gasteiger partial charge in [-0.2, -0.15) is 0 Å². The van der Waals surface area contributed by atoms with E-state index in [2.05, 4.69) is 58.8 Å². The van der Waals surface area contributed by atoms with Crippen LogP contribution in [0.3, 0.4) is 0 Å². The van der Waals surface area contributed by atoms with Crippen LogP contribution in [-0.2, 0) is 4.74 Å². The molecular weight excluding hydrogens is 248 g/mol. The zero-order valence-electron chi connectivity index (χ0n) is 14.8. The minimum absolute atomic E-state index is 0.192. The molecule has 1 heterocycles. The molecule has 0 radical (unpaired) electrons. The zero-order chi connectivity index (χ0) is 15.4. The van der Waals surface area contributed by atoms with E-state index in [0.29, 0.717) is 17.6 Å². The molecule has 0 aromatic rings. The van der Waals surface area contributed by atoms with Crippen molar-refractivity contribution < 1.29 is 4.74 Å². The molecule has 1 fully saturated rings. The van der Waals surface area contributed by atoms with Gasteiger partial charge in [0.1, 0.15) is 0 Å². The predicted molar refractivity (Wildman–Crippen MR) is 87.2 cm³/mol. The third-order valence-corrected chi connectivity index (χ3v) is 4.98. The lowest BCUT2D eigenvalue weighted by atomic mass is 9.80. The first-order valence-corrected chi connectivity index (χ1v) is 8.30. The fourth-order valence-corrected chi connectivity index (χ4v) is 3.18. The molecule has 0 bridgehead atoms. The molecule has 1 aliphatic rings. The largest absolute Gasteiger partial charge is 0.377 e. The number of likely N-dealkylation sites (N-methyl/N-ethyl adjacent to an activating group) is 1. The lowest BCUT2D eigenvalue weighted by Crippen LogP contribution is -2.50. The Morgan fingerprint density at radius 3 is 2.20 bits per heavy atom. The van der Waals surface area contributed by atoms with Crippen LogP contribution < -0.4 is 5.32 Å². The van der Waals surface area contributed by atoms with Crippen LogP contribution in [0.25, 0.3) is 0 Å². The van der Waals surface area contributed by atoms with E-state index >= 15 is 0 Å². The second kappa shape index (κ2) is 7.24. The summed E-state index contributed by atoms with van der Waals surface area (Å²) in [4.78, 5) is 2.54. The van der Waals surface area contributed by atoms with Crippen molar-refractivity contribution in [2.75, 3.05) is 26.7 Å². The summed E-state index contributed by atoms with van der Waals surface area (Å²) in [5.74, 6) is 0. The Labute approximate surface area is 126 Å². The molecule has 120 valence electrons. The monoisotopic (exact) mass is 284 g/mol. The van der Waals surface area contributed by atoms with E-state index < -0.39 is 0 Å². The van der Waals surface area contributed by atoms with Crippen molar-refractivity contribution in [2.24, 2.45) is 5.41 Å². The molecule has 1 N–H and O–H groups in total. The Balaban J connectivity index is 2.65. The zero-order valence-corrected chi connectivity index (χ0v) is 14.8. The van der Waals surface area contributed by atoms with Crippen molar-refractivity contribution in [1.82, 2.24) is 10.2 Å². The molecule has 20 heavy (non-hydrogen) atoms. The summed E-state index contributed by atoms with van der Waals surface area (Å²) < 4.78 is 5.73. The van der Waals surface area contributed by atoms with E-state index in [1.807, 2.05) is 0 Å². The van der Waals surface area contributed by atoms with Crippen molar-refractivity contribution in [1.29, 1.82) is 0 Å². The number of nitrogens with one attached hydrogen (secondary N) is 1. The van der Waals surface area contributed by atoms with Gasteiger partial charge in [-0.15, -0.1) is 0 Å². The molecule has 1 aliphatic heterocycles. The van der Waals surface area contributed by atoms with Gasteiger partial charge in [0.2, 0.25) is 0 Å². The summed E-state index contributed by atoms with van der Waals surface area (Å²) in [7, 11) is 2.27. The Morgan fingerprint density at radius 2 is 1.80 bits per heavy atom. The molecule has 0 aromatic heterocycles. The van der Waals surface area contributed by atoms with Crippen LogP contribution in [-0.4, -0.2) is 49.3 Å². The standard InChI is InChI=1S/C17H36N2O/c1-8-17(9-2,12-18-16(4,5)6)13-19(7)15-10-11-20-14(15)3/h14-15,18H,8-13H2,1-7H3. The summed E-state index contributed by atoms with van der Waals surface area (Å²) in [6.07, 6.45) is 3.99. The second-order valence-electron chi connectivity index (χ2n) is 7.66. The molecule has 0 spiro atoms. The third-order valence-electron chi connectivity index (χ3n) is 4.98. The number of rotatable bonds is 7. The maximum absolute atomic E-state index is 5.73. The number of nitrogens with zero attached hydrogens (tertiary/aromatic N) is 1. The van der Waals surface area contributed by atoms with Crippen LogP contribution in [0, 0.1) is 5.41 Å². The van der Waals surface area contributed by atoms with Crippen LogP contribution in [0.2, 0.25) is 0 Å². The van der Waals surface area contributed by atoms with Crippen LogP contribution in [0.4, 0.5) is 0 Å². The highest BCUT2D eigenvalue weighted by molar-refractivity contribution is 4.89. The molecule has 2 unspecified atom stereocenters. The molecule has 1 rings (SSSR count). The normalized spacial score (nSPS) is 24.6. The highest BCUT2D eigenvalue weighted by Gasteiger charge is 2.34. The fraction of sp³-hybridized carbons (Fsp3) is 1.00. The lowest BCUT2D eigenvalue weighted by molar-refractivity contribution is 0.0582. The summed E-state index contributed by atoms with van der Waals surface area (Å²) in [5.41, 5.74) is 0.558.